The van der Waals surface area contributed by atoms with Crippen molar-refractivity contribution in [2.24, 2.45) is 0 Å². The lowest BCUT2D eigenvalue weighted by molar-refractivity contribution is -0.124. The molecule has 0 saturated heterocycles. The molecule has 1 N–H and O–H groups in total. The maximum absolute atomic E-state index is 12.1. The van der Waals surface area contributed by atoms with Gasteiger partial charge in [-0.25, -0.2) is 4.79 Å². The van der Waals surface area contributed by atoms with Gasteiger partial charge >= 0.3 is 12.6 Å². The Morgan fingerprint density at radius 2 is 1.78 bits per heavy atom. The van der Waals surface area contributed by atoms with Gasteiger partial charge in [-0.05, 0) is 36.2 Å². The summed E-state index contributed by atoms with van der Waals surface area (Å²) in [5.74, 6) is -0.670. The molecule has 2 aromatic rings. The highest BCUT2D eigenvalue weighted by Gasteiger charge is 2.14. The fourth-order valence-corrected chi connectivity index (χ4v) is 2.26. The van der Waals surface area contributed by atoms with Crippen molar-refractivity contribution in [1.29, 1.82) is 0 Å². The molecule has 0 heterocycles. The third-order valence-electron chi connectivity index (χ3n) is 3.55. The van der Waals surface area contributed by atoms with Gasteiger partial charge in [-0.2, -0.15) is 8.78 Å². The number of halogens is 2. The van der Waals surface area contributed by atoms with Gasteiger partial charge in [0.2, 0.25) is 0 Å². The number of carbonyl (C=O) groups is 2. The summed E-state index contributed by atoms with van der Waals surface area (Å²) in [7, 11) is 1.44. The summed E-state index contributed by atoms with van der Waals surface area (Å²) in [4.78, 5) is 23.8. The molecule has 8 heteroatoms. The van der Waals surface area contributed by atoms with Crippen LogP contribution in [0.5, 0.6) is 11.5 Å². The van der Waals surface area contributed by atoms with E-state index in [0.29, 0.717) is 18.7 Å². The number of hydrogen-bond donors (Lipinski definition) is 1. The molecule has 0 bridgehead atoms. The SMILES string of the molecule is COc1ccccc1C(=O)OCC(=O)NCCc1ccc(OC(F)F)cc1. The first kappa shape index (κ1) is 20.2. The second kappa shape index (κ2) is 10.1. The molecular formula is C19H19F2NO5. The van der Waals surface area contributed by atoms with Gasteiger partial charge in [-0.15, -0.1) is 0 Å². The molecule has 0 fully saturated rings. The monoisotopic (exact) mass is 379 g/mol. The minimum atomic E-state index is -2.87. The summed E-state index contributed by atoms with van der Waals surface area (Å²) >= 11 is 0. The fraction of sp³-hybridized carbons (Fsp3) is 0.263. The molecule has 0 aliphatic heterocycles. The van der Waals surface area contributed by atoms with E-state index >= 15 is 0 Å². The summed E-state index contributed by atoms with van der Waals surface area (Å²) in [6, 6.07) is 12.7. The molecule has 0 aromatic heterocycles. The van der Waals surface area contributed by atoms with E-state index in [0.717, 1.165) is 5.56 Å². The van der Waals surface area contributed by atoms with Crippen LogP contribution >= 0.6 is 0 Å². The van der Waals surface area contributed by atoms with Crippen molar-refractivity contribution in [3.63, 3.8) is 0 Å². The van der Waals surface area contributed by atoms with E-state index < -0.39 is 25.1 Å². The van der Waals surface area contributed by atoms with Gasteiger partial charge in [0.05, 0.1) is 7.11 Å². The van der Waals surface area contributed by atoms with Crippen molar-refractivity contribution in [3.8, 4) is 11.5 Å². The van der Waals surface area contributed by atoms with Crippen LogP contribution in [0, 0.1) is 0 Å². The lowest BCUT2D eigenvalue weighted by atomic mass is 10.1. The normalized spacial score (nSPS) is 10.4. The summed E-state index contributed by atoms with van der Waals surface area (Å²) in [6.07, 6.45) is 0.487. The minimum Gasteiger partial charge on any atom is -0.496 e. The number of nitrogens with one attached hydrogen (secondary N) is 1. The maximum Gasteiger partial charge on any atom is 0.387 e. The van der Waals surface area contributed by atoms with Crippen molar-refractivity contribution in [3.05, 3.63) is 59.7 Å². The van der Waals surface area contributed by atoms with Crippen LogP contribution < -0.4 is 14.8 Å². The van der Waals surface area contributed by atoms with Crippen LogP contribution in [0.25, 0.3) is 0 Å². The minimum absolute atomic E-state index is 0.0704. The third-order valence-corrected chi connectivity index (χ3v) is 3.55. The number of ether oxygens (including phenoxy) is 3. The van der Waals surface area contributed by atoms with Gasteiger partial charge in [-0.1, -0.05) is 24.3 Å². The van der Waals surface area contributed by atoms with Gasteiger partial charge in [0.15, 0.2) is 6.61 Å². The van der Waals surface area contributed by atoms with Gasteiger partial charge in [0, 0.05) is 6.54 Å². The van der Waals surface area contributed by atoms with Crippen LogP contribution in [0.4, 0.5) is 8.78 Å². The number of hydrogen-bond acceptors (Lipinski definition) is 5. The smallest absolute Gasteiger partial charge is 0.387 e. The van der Waals surface area contributed by atoms with Crippen LogP contribution in [0.2, 0.25) is 0 Å². The number of alkyl halides is 2. The first-order valence-electron chi connectivity index (χ1n) is 8.10. The molecule has 27 heavy (non-hydrogen) atoms. The molecule has 1 amide bonds. The van der Waals surface area contributed by atoms with Crippen LogP contribution in [0.15, 0.2) is 48.5 Å². The Labute approximate surface area is 155 Å². The van der Waals surface area contributed by atoms with Gasteiger partial charge in [0.1, 0.15) is 17.1 Å². The quantitative estimate of drug-likeness (QED) is 0.679. The number of amides is 1. The van der Waals surface area contributed by atoms with E-state index in [9.17, 15) is 18.4 Å². The predicted octanol–water partition coefficient (Wildman–Crippen LogP) is 2.81. The molecule has 6 nitrogen and oxygen atoms in total. The first-order valence-corrected chi connectivity index (χ1v) is 8.10. The van der Waals surface area contributed by atoms with Gasteiger partial charge < -0.3 is 19.5 Å². The number of esters is 1. The maximum atomic E-state index is 12.1. The second-order valence-corrected chi connectivity index (χ2v) is 5.40. The zero-order chi connectivity index (χ0) is 19.6. The predicted molar refractivity (Wildman–Crippen MR) is 93.1 cm³/mol. The van der Waals surface area contributed by atoms with E-state index in [4.69, 9.17) is 9.47 Å². The molecule has 0 aliphatic rings. The van der Waals surface area contributed by atoms with Gasteiger partial charge in [-0.3, -0.25) is 4.79 Å². The lowest BCUT2D eigenvalue weighted by Crippen LogP contribution is -2.30. The Morgan fingerprint density at radius 1 is 1.07 bits per heavy atom. The van der Waals surface area contributed by atoms with Crippen LogP contribution in [0.1, 0.15) is 15.9 Å². The van der Waals surface area contributed by atoms with Crippen LogP contribution in [-0.2, 0) is 16.0 Å². The molecule has 0 atom stereocenters. The topological polar surface area (TPSA) is 73.9 Å². The summed E-state index contributed by atoms with van der Waals surface area (Å²) in [5.41, 5.74) is 1.07. The van der Waals surface area contributed by atoms with Crippen molar-refractivity contribution in [2.45, 2.75) is 13.0 Å². The van der Waals surface area contributed by atoms with Crippen molar-refractivity contribution >= 4 is 11.9 Å². The molecule has 2 rings (SSSR count). The number of methoxy groups -OCH3 is 1. The van der Waals surface area contributed by atoms with E-state index in [2.05, 4.69) is 10.1 Å². The summed E-state index contributed by atoms with van der Waals surface area (Å²) in [5, 5.41) is 2.61. The second-order valence-electron chi connectivity index (χ2n) is 5.40. The largest absolute Gasteiger partial charge is 0.496 e. The highest BCUT2D eigenvalue weighted by atomic mass is 19.3. The third kappa shape index (κ3) is 6.58. The molecule has 0 spiro atoms. The van der Waals surface area contributed by atoms with Gasteiger partial charge in [0.25, 0.3) is 5.91 Å². The average Bonchev–Trinajstić information content (AvgIpc) is 2.67. The Bertz CT molecular complexity index is 765. The highest BCUT2D eigenvalue weighted by molar-refractivity contribution is 5.93. The van der Waals surface area contributed by atoms with Crippen LogP contribution in [-0.4, -0.2) is 38.7 Å². The Balaban J connectivity index is 1.72. The molecule has 0 radical (unpaired) electrons. The van der Waals surface area contributed by atoms with Crippen LogP contribution in [0.3, 0.4) is 0 Å². The molecule has 144 valence electrons. The summed E-state index contributed by atoms with van der Waals surface area (Å²) in [6.45, 7) is -2.98. The standard InChI is InChI=1S/C19H19F2NO5/c1-25-16-5-3-2-4-15(16)18(24)26-12-17(23)22-11-10-13-6-8-14(9-7-13)27-19(20)21/h2-9,19H,10-12H2,1H3,(H,22,23). The van der Waals surface area contributed by atoms with Crippen molar-refractivity contribution in [1.82, 2.24) is 5.32 Å². The van der Waals surface area contributed by atoms with Crippen molar-refractivity contribution in [2.75, 3.05) is 20.3 Å². The number of benzene rings is 2. The molecular weight excluding hydrogens is 360 g/mol. The molecule has 0 unspecified atom stereocenters. The molecule has 0 saturated carbocycles. The molecule has 2 aromatic carbocycles. The Morgan fingerprint density at radius 3 is 2.44 bits per heavy atom. The average molecular weight is 379 g/mol. The van der Waals surface area contributed by atoms with Crippen molar-refractivity contribution < 1.29 is 32.6 Å². The number of carbonyl (C=O) groups excluding carboxylic acids is 2. The summed E-state index contributed by atoms with van der Waals surface area (Å²) < 4.78 is 38.5. The first-order chi connectivity index (χ1) is 13.0. The number of para-hydroxylation sites is 1. The highest BCUT2D eigenvalue weighted by Crippen LogP contribution is 2.18. The van der Waals surface area contributed by atoms with E-state index in [1.54, 1.807) is 36.4 Å². The lowest BCUT2D eigenvalue weighted by Gasteiger charge is -2.09. The zero-order valence-electron chi connectivity index (χ0n) is 14.6. The Kier molecular flexibility index (Phi) is 7.54. The van der Waals surface area contributed by atoms with E-state index in [1.807, 2.05) is 0 Å². The number of rotatable bonds is 9. The van der Waals surface area contributed by atoms with E-state index in [1.165, 1.54) is 19.2 Å². The van der Waals surface area contributed by atoms with E-state index in [-0.39, 0.29) is 11.3 Å². The fourth-order valence-electron chi connectivity index (χ4n) is 2.26. The zero-order valence-corrected chi connectivity index (χ0v) is 14.6. The molecule has 0 aliphatic carbocycles. The Hall–Kier alpha value is -3.16.